The van der Waals surface area contributed by atoms with Gasteiger partial charge in [0.1, 0.15) is 4.21 Å². The van der Waals surface area contributed by atoms with Crippen molar-refractivity contribution in [2.24, 2.45) is 0 Å². The van der Waals surface area contributed by atoms with Crippen molar-refractivity contribution in [1.29, 1.82) is 0 Å². The van der Waals surface area contributed by atoms with Crippen molar-refractivity contribution in [2.45, 2.75) is 43.4 Å². The lowest BCUT2D eigenvalue weighted by molar-refractivity contribution is -0.121. The molecule has 0 bridgehead atoms. The van der Waals surface area contributed by atoms with Gasteiger partial charge in [-0.25, -0.2) is 8.42 Å². The molecule has 1 N–H and O–H groups in total. The summed E-state index contributed by atoms with van der Waals surface area (Å²) in [6.07, 6.45) is 0.164. The Kier molecular flexibility index (Phi) is 7.10. The highest BCUT2D eigenvalue weighted by Gasteiger charge is 2.28. The SMILES string of the molecule is CC(C)c1ccc(C(C)NC(=O)Cc2ccc(S(=O)(=O)N3CCOCC3)s2)cc1. The predicted molar refractivity (Wildman–Crippen MR) is 115 cm³/mol. The molecule has 0 radical (unpaired) electrons. The molecule has 2 heterocycles. The van der Waals surface area contributed by atoms with E-state index in [-0.39, 0.29) is 22.6 Å². The van der Waals surface area contributed by atoms with Crippen LogP contribution in [0.15, 0.2) is 40.6 Å². The fraction of sp³-hybridized carbons (Fsp3) is 0.476. The summed E-state index contributed by atoms with van der Waals surface area (Å²) in [5.74, 6) is 0.346. The smallest absolute Gasteiger partial charge is 0.252 e. The molecule has 2 aromatic rings. The number of hydrogen-bond donors (Lipinski definition) is 1. The van der Waals surface area contributed by atoms with Crippen molar-refractivity contribution in [3.8, 4) is 0 Å². The molecule has 1 aromatic carbocycles. The van der Waals surface area contributed by atoms with Crippen molar-refractivity contribution in [2.75, 3.05) is 26.3 Å². The molecule has 6 nitrogen and oxygen atoms in total. The summed E-state index contributed by atoms with van der Waals surface area (Å²) in [7, 11) is -3.51. The molecule has 1 fully saturated rings. The van der Waals surface area contributed by atoms with E-state index in [1.54, 1.807) is 12.1 Å². The van der Waals surface area contributed by atoms with Crippen molar-refractivity contribution < 1.29 is 17.9 Å². The van der Waals surface area contributed by atoms with Gasteiger partial charge in [-0.15, -0.1) is 11.3 Å². The summed E-state index contributed by atoms with van der Waals surface area (Å²) in [5, 5.41) is 3.00. The first-order valence-corrected chi connectivity index (χ1v) is 12.1. The number of morpholine rings is 1. The standard InChI is InChI=1S/C21H28N2O4S2/c1-15(2)17-4-6-18(7-5-17)16(3)22-20(24)14-19-8-9-21(28-19)29(25,26)23-10-12-27-13-11-23/h4-9,15-16H,10-14H2,1-3H3,(H,22,24). The molecule has 29 heavy (non-hydrogen) atoms. The van der Waals surface area contributed by atoms with Gasteiger partial charge in [0, 0.05) is 18.0 Å². The van der Waals surface area contributed by atoms with Gasteiger partial charge < -0.3 is 10.1 Å². The van der Waals surface area contributed by atoms with E-state index in [0.717, 1.165) is 21.8 Å². The quantitative estimate of drug-likeness (QED) is 0.723. The van der Waals surface area contributed by atoms with Crippen LogP contribution in [0, 0.1) is 0 Å². The fourth-order valence-electron chi connectivity index (χ4n) is 3.21. The summed E-state index contributed by atoms with van der Waals surface area (Å²) >= 11 is 1.16. The van der Waals surface area contributed by atoms with Crippen molar-refractivity contribution >= 4 is 27.3 Å². The van der Waals surface area contributed by atoms with Crippen molar-refractivity contribution in [3.63, 3.8) is 0 Å². The number of thiophene rings is 1. The van der Waals surface area contributed by atoms with E-state index < -0.39 is 10.0 Å². The van der Waals surface area contributed by atoms with E-state index in [4.69, 9.17) is 4.74 Å². The van der Waals surface area contributed by atoms with Crippen LogP contribution in [0.25, 0.3) is 0 Å². The summed E-state index contributed by atoms with van der Waals surface area (Å²) in [6, 6.07) is 11.5. The van der Waals surface area contributed by atoms with Crippen LogP contribution >= 0.6 is 11.3 Å². The minimum atomic E-state index is -3.51. The first kappa shape index (κ1) is 22.0. The van der Waals surface area contributed by atoms with Gasteiger partial charge in [0.15, 0.2) is 0 Å². The van der Waals surface area contributed by atoms with Gasteiger partial charge in [0.2, 0.25) is 5.91 Å². The Morgan fingerprint density at radius 2 is 1.69 bits per heavy atom. The topological polar surface area (TPSA) is 75.7 Å². The largest absolute Gasteiger partial charge is 0.379 e. The molecule has 1 aromatic heterocycles. The Morgan fingerprint density at radius 1 is 1.07 bits per heavy atom. The van der Waals surface area contributed by atoms with E-state index in [2.05, 4.69) is 31.3 Å². The number of ether oxygens (including phenoxy) is 1. The van der Waals surface area contributed by atoms with Crippen molar-refractivity contribution in [3.05, 3.63) is 52.4 Å². The Hall–Kier alpha value is -1.74. The minimum Gasteiger partial charge on any atom is -0.379 e. The molecule has 1 aliphatic rings. The molecule has 0 spiro atoms. The summed E-state index contributed by atoms with van der Waals surface area (Å²) in [5.41, 5.74) is 2.31. The fourth-order valence-corrected chi connectivity index (χ4v) is 6.13. The highest BCUT2D eigenvalue weighted by molar-refractivity contribution is 7.91. The van der Waals surface area contributed by atoms with E-state index in [0.29, 0.717) is 32.2 Å². The number of carbonyl (C=O) groups is 1. The maximum Gasteiger partial charge on any atom is 0.252 e. The molecule has 0 saturated carbocycles. The summed E-state index contributed by atoms with van der Waals surface area (Å²) in [4.78, 5) is 13.2. The number of carbonyl (C=O) groups excluding carboxylic acids is 1. The normalized spacial score (nSPS) is 16.7. The first-order chi connectivity index (χ1) is 13.8. The van der Waals surface area contributed by atoms with Crippen molar-refractivity contribution in [1.82, 2.24) is 9.62 Å². The van der Waals surface area contributed by atoms with Gasteiger partial charge >= 0.3 is 0 Å². The number of nitrogens with one attached hydrogen (secondary N) is 1. The molecule has 1 atom stereocenters. The third kappa shape index (κ3) is 5.45. The molecule has 8 heteroatoms. The zero-order chi connectivity index (χ0) is 21.0. The van der Waals surface area contributed by atoms with Gasteiger partial charge in [0.25, 0.3) is 10.0 Å². The number of benzene rings is 1. The highest BCUT2D eigenvalue weighted by atomic mass is 32.2. The second kappa shape index (κ2) is 9.38. The number of hydrogen-bond acceptors (Lipinski definition) is 5. The number of sulfonamides is 1. The predicted octanol–water partition coefficient (Wildman–Crippen LogP) is 3.31. The van der Waals surface area contributed by atoms with Crippen LogP contribution in [0.1, 0.15) is 48.7 Å². The Bertz CT molecular complexity index is 930. The Morgan fingerprint density at radius 3 is 2.31 bits per heavy atom. The number of amides is 1. The van der Waals surface area contributed by atoms with Crippen LogP contribution in [0.2, 0.25) is 0 Å². The molecule has 1 saturated heterocycles. The molecule has 158 valence electrons. The highest BCUT2D eigenvalue weighted by Crippen LogP contribution is 2.26. The average Bonchev–Trinajstić information content (AvgIpc) is 3.17. The molecule has 1 unspecified atom stereocenters. The van der Waals surface area contributed by atoms with E-state index in [1.807, 2.05) is 19.1 Å². The van der Waals surface area contributed by atoms with Gasteiger partial charge in [0.05, 0.1) is 25.7 Å². The van der Waals surface area contributed by atoms with Gasteiger partial charge in [-0.1, -0.05) is 38.1 Å². The number of rotatable bonds is 7. The third-order valence-electron chi connectivity index (χ3n) is 5.02. The third-order valence-corrected chi connectivity index (χ3v) is 8.47. The van der Waals surface area contributed by atoms with E-state index in [9.17, 15) is 13.2 Å². The van der Waals surface area contributed by atoms with Crippen LogP contribution < -0.4 is 5.32 Å². The molecule has 3 rings (SSSR count). The van der Waals surface area contributed by atoms with Crippen LogP contribution in [-0.2, 0) is 26.0 Å². The van der Waals surface area contributed by atoms with Crippen LogP contribution in [0.5, 0.6) is 0 Å². The lowest BCUT2D eigenvalue weighted by Crippen LogP contribution is -2.40. The van der Waals surface area contributed by atoms with E-state index in [1.165, 1.54) is 9.87 Å². The second-order valence-electron chi connectivity index (χ2n) is 7.52. The zero-order valence-electron chi connectivity index (χ0n) is 17.1. The second-order valence-corrected chi connectivity index (χ2v) is 10.9. The van der Waals surface area contributed by atoms with Crippen LogP contribution in [0.4, 0.5) is 0 Å². The van der Waals surface area contributed by atoms with Crippen LogP contribution in [-0.4, -0.2) is 44.9 Å². The first-order valence-electron chi connectivity index (χ1n) is 9.83. The molecular weight excluding hydrogens is 408 g/mol. The van der Waals surface area contributed by atoms with Gasteiger partial charge in [-0.2, -0.15) is 4.31 Å². The van der Waals surface area contributed by atoms with Crippen LogP contribution in [0.3, 0.4) is 0 Å². The lowest BCUT2D eigenvalue weighted by Gasteiger charge is -2.25. The minimum absolute atomic E-state index is 0.111. The molecular formula is C21H28N2O4S2. The summed E-state index contributed by atoms with van der Waals surface area (Å²) < 4.78 is 32.4. The maximum atomic E-state index is 12.7. The van der Waals surface area contributed by atoms with E-state index >= 15 is 0 Å². The zero-order valence-corrected chi connectivity index (χ0v) is 18.7. The summed E-state index contributed by atoms with van der Waals surface area (Å²) in [6.45, 7) is 7.80. The number of nitrogens with zero attached hydrogens (tertiary/aromatic N) is 1. The van der Waals surface area contributed by atoms with Gasteiger partial charge in [-0.3, -0.25) is 4.79 Å². The lowest BCUT2D eigenvalue weighted by atomic mass is 9.99. The Balaban J connectivity index is 1.59. The Labute approximate surface area is 176 Å². The van der Waals surface area contributed by atoms with Gasteiger partial charge in [-0.05, 0) is 36.1 Å². The molecule has 1 amide bonds. The molecule has 0 aliphatic carbocycles. The monoisotopic (exact) mass is 436 g/mol. The maximum absolute atomic E-state index is 12.7. The molecule has 1 aliphatic heterocycles. The average molecular weight is 437 g/mol.